The molecule has 96 valence electrons. The van der Waals surface area contributed by atoms with E-state index in [1.54, 1.807) is 7.05 Å². The lowest BCUT2D eigenvalue weighted by atomic mass is 10.2. The van der Waals surface area contributed by atoms with E-state index >= 15 is 0 Å². The van der Waals surface area contributed by atoms with Gasteiger partial charge in [0.2, 0.25) is 5.95 Å². The molecular formula is C11H20N4O2. The molecule has 0 spiro atoms. The maximum Gasteiger partial charge on any atom is 0.324 e. The summed E-state index contributed by atoms with van der Waals surface area (Å²) in [5.74, 6) is 0.870. The number of hydrogen-bond donors (Lipinski definition) is 1. The van der Waals surface area contributed by atoms with Crippen molar-refractivity contribution in [1.82, 2.24) is 15.0 Å². The molecule has 0 aliphatic rings. The highest BCUT2D eigenvalue weighted by atomic mass is 16.5. The Kier molecular flexibility index (Phi) is 5.45. The smallest absolute Gasteiger partial charge is 0.324 e. The maximum absolute atomic E-state index is 5.45. The van der Waals surface area contributed by atoms with Gasteiger partial charge in [-0.05, 0) is 12.3 Å². The summed E-state index contributed by atoms with van der Waals surface area (Å²) in [6.07, 6.45) is 0.906. The normalized spacial score (nSPS) is 10.4. The van der Waals surface area contributed by atoms with Gasteiger partial charge in [-0.2, -0.15) is 9.97 Å². The zero-order chi connectivity index (χ0) is 12.7. The summed E-state index contributed by atoms with van der Waals surface area (Å²) in [6.45, 7) is 7.30. The Labute approximate surface area is 102 Å². The predicted octanol–water partition coefficient (Wildman–Crippen LogP) is 1.74. The Bertz CT molecular complexity index is 344. The first kappa shape index (κ1) is 13.5. The molecule has 1 aromatic heterocycles. The van der Waals surface area contributed by atoms with E-state index in [9.17, 15) is 0 Å². The van der Waals surface area contributed by atoms with Gasteiger partial charge >= 0.3 is 12.0 Å². The number of hydrogen-bond acceptors (Lipinski definition) is 6. The van der Waals surface area contributed by atoms with Gasteiger partial charge < -0.3 is 14.8 Å². The number of rotatable bonds is 7. The highest BCUT2D eigenvalue weighted by molar-refractivity contribution is 5.26. The van der Waals surface area contributed by atoms with E-state index < -0.39 is 0 Å². The minimum atomic E-state index is 0.296. The predicted molar refractivity (Wildman–Crippen MR) is 65.5 cm³/mol. The third kappa shape index (κ3) is 4.84. The van der Waals surface area contributed by atoms with E-state index in [2.05, 4.69) is 34.1 Å². The largest absolute Gasteiger partial charge is 0.463 e. The Morgan fingerprint density at radius 1 is 1.12 bits per heavy atom. The van der Waals surface area contributed by atoms with Crippen LogP contribution >= 0.6 is 0 Å². The quantitative estimate of drug-likeness (QED) is 0.782. The van der Waals surface area contributed by atoms with Gasteiger partial charge in [-0.15, -0.1) is 4.98 Å². The van der Waals surface area contributed by atoms with Crippen molar-refractivity contribution in [2.75, 3.05) is 25.6 Å². The molecular weight excluding hydrogens is 220 g/mol. The number of nitrogens with one attached hydrogen (secondary N) is 1. The fourth-order valence-electron chi connectivity index (χ4n) is 1.01. The van der Waals surface area contributed by atoms with Gasteiger partial charge in [-0.1, -0.05) is 20.8 Å². The minimum absolute atomic E-state index is 0.296. The zero-order valence-electron chi connectivity index (χ0n) is 10.9. The second-order valence-corrected chi connectivity index (χ2v) is 4.03. The average Bonchev–Trinajstić information content (AvgIpc) is 2.33. The minimum Gasteiger partial charge on any atom is -0.463 e. The van der Waals surface area contributed by atoms with Crippen LogP contribution in [0.4, 0.5) is 5.95 Å². The van der Waals surface area contributed by atoms with E-state index in [1.165, 1.54) is 0 Å². The van der Waals surface area contributed by atoms with Crippen LogP contribution in [0.1, 0.15) is 27.2 Å². The van der Waals surface area contributed by atoms with Crippen LogP contribution in [0.5, 0.6) is 12.0 Å². The summed E-state index contributed by atoms with van der Waals surface area (Å²) in [5.41, 5.74) is 0. The molecule has 6 heteroatoms. The van der Waals surface area contributed by atoms with Crippen molar-refractivity contribution in [3.8, 4) is 12.0 Å². The van der Waals surface area contributed by atoms with E-state index in [0.717, 1.165) is 6.42 Å². The molecule has 0 aliphatic carbocycles. The Hall–Kier alpha value is -1.59. The standard InChI is InChI=1S/C11H20N4O2/c1-5-6-16-10-13-9(12-4)14-11(15-10)17-7-8(2)3/h8H,5-7H2,1-4H3,(H,12,13,14,15). The number of aromatic nitrogens is 3. The fraction of sp³-hybridized carbons (Fsp3) is 0.727. The van der Waals surface area contributed by atoms with Crippen molar-refractivity contribution < 1.29 is 9.47 Å². The molecule has 17 heavy (non-hydrogen) atoms. The molecule has 0 radical (unpaired) electrons. The van der Waals surface area contributed by atoms with Crippen LogP contribution in [0.2, 0.25) is 0 Å². The van der Waals surface area contributed by atoms with Gasteiger partial charge in [0.25, 0.3) is 0 Å². The van der Waals surface area contributed by atoms with Gasteiger partial charge in [0.1, 0.15) is 0 Å². The molecule has 1 rings (SSSR count). The Morgan fingerprint density at radius 2 is 1.76 bits per heavy atom. The van der Waals surface area contributed by atoms with Gasteiger partial charge in [-0.25, -0.2) is 0 Å². The van der Waals surface area contributed by atoms with E-state index in [4.69, 9.17) is 9.47 Å². The van der Waals surface area contributed by atoms with Gasteiger partial charge in [-0.3, -0.25) is 0 Å². The Balaban J connectivity index is 2.73. The van der Waals surface area contributed by atoms with Gasteiger partial charge in [0.05, 0.1) is 13.2 Å². The molecule has 0 saturated carbocycles. The van der Waals surface area contributed by atoms with Gasteiger partial charge in [0.15, 0.2) is 0 Å². The van der Waals surface area contributed by atoms with E-state index in [0.29, 0.717) is 37.1 Å². The first-order chi connectivity index (χ1) is 8.15. The third-order valence-electron chi connectivity index (χ3n) is 1.80. The summed E-state index contributed by atoms with van der Waals surface area (Å²) in [5, 5.41) is 2.85. The molecule has 0 saturated heterocycles. The van der Waals surface area contributed by atoms with Crippen molar-refractivity contribution in [3.05, 3.63) is 0 Å². The van der Waals surface area contributed by atoms with Crippen molar-refractivity contribution in [2.24, 2.45) is 5.92 Å². The summed E-state index contributed by atoms with van der Waals surface area (Å²) in [4.78, 5) is 12.3. The molecule has 1 aromatic rings. The van der Waals surface area contributed by atoms with E-state index in [-0.39, 0.29) is 0 Å². The second kappa shape index (κ2) is 6.88. The number of anilines is 1. The molecule has 0 atom stereocenters. The molecule has 0 amide bonds. The highest BCUT2D eigenvalue weighted by Crippen LogP contribution is 2.13. The van der Waals surface area contributed by atoms with Gasteiger partial charge in [0, 0.05) is 7.05 Å². The first-order valence-electron chi connectivity index (χ1n) is 5.85. The van der Waals surface area contributed by atoms with Crippen LogP contribution in [0, 0.1) is 5.92 Å². The monoisotopic (exact) mass is 240 g/mol. The van der Waals surface area contributed by atoms with Crippen molar-refractivity contribution in [1.29, 1.82) is 0 Å². The molecule has 1 heterocycles. The first-order valence-corrected chi connectivity index (χ1v) is 5.85. The van der Waals surface area contributed by atoms with Crippen LogP contribution in [0.3, 0.4) is 0 Å². The van der Waals surface area contributed by atoms with E-state index in [1.807, 2.05) is 6.92 Å². The lowest BCUT2D eigenvalue weighted by Crippen LogP contribution is -2.10. The van der Waals surface area contributed by atoms with Crippen LogP contribution < -0.4 is 14.8 Å². The molecule has 0 fully saturated rings. The summed E-state index contributed by atoms with van der Waals surface area (Å²) >= 11 is 0. The molecule has 6 nitrogen and oxygen atoms in total. The molecule has 0 bridgehead atoms. The van der Waals surface area contributed by atoms with Crippen LogP contribution in [0.25, 0.3) is 0 Å². The van der Waals surface area contributed by atoms with Crippen LogP contribution in [-0.4, -0.2) is 35.2 Å². The third-order valence-corrected chi connectivity index (χ3v) is 1.80. The molecule has 0 aromatic carbocycles. The maximum atomic E-state index is 5.45. The highest BCUT2D eigenvalue weighted by Gasteiger charge is 2.08. The summed E-state index contributed by atoms with van der Waals surface area (Å²) in [7, 11) is 1.74. The second-order valence-electron chi connectivity index (χ2n) is 4.03. The molecule has 0 unspecified atom stereocenters. The Morgan fingerprint density at radius 3 is 2.29 bits per heavy atom. The zero-order valence-corrected chi connectivity index (χ0v) is 10.9. The fourth-order valence-corrected chi connectivity index (χ4v) is 1.01. The van der Waals surface area contributed by atoms with Crippen LogP contribution in [0.15, 0.2) is 0 Å². The van der Waals surface area contributed by atoms with Crippen molar-refractivity contribution in [2.45, 2.75) is 27.2 Å². The molecule has 1 N–H and O–H groups in total. The average molecular weight is 240 g/mol. The summed E-state index contributed by atoms with van der Waals surface area (Å²) < 4.78 is 10.8. The van der Waals surface area contributed by atoms with Crippen molar-refractivity contribution >= 4 is 5.95 Å². The lowest BCUT2D eigenvalue weighted by Gasteiger charge is -2.09. The number of nitrogens with zero attached hydrogens (tertiary/aromatic N) is 3. The topological polar surface area (TPSA) is 69.2 Å². The number of ether oxygens (including phenoxy) is 2. The molecule has 0 aliphatic heterocycles. The van der Waals surface area contributed by atoms with Crippen LogP contribution in [-0.2, 0) is 0 Å². The van der Waals surface area contributed by atoms with Crippen molar-refractivity contribution in [3.63, 3.8) is 0 Å². The SMILES string of the molecule is CCCOc1nc(NC)nc(OCC(C)C)n1. The lowest BCUT2D eigenvalue weighted by molar-refractivity contribution is 0.237. The summed E-state index contributed by atoms with van der Waals surface area (Å²) in [6, 6.07) is 0.592.